The van der Waals surface area contributed by atoms with E-state index in [2.05, 4.69) is 70.7 Å². The molecule has 0 amide bonds. The monoisotopic (exact) mass is 317 g/mol. The molecule has 5 rings (SSSR count). The molecule has 0 saturated carbocycles. The molecule has 4 heteroatoms. The standard InChI is InChI=1S/C19H15N3S/c1-12-10-11-23-17(12)19-20-14-7-3-2-6-13(14)18-21-15-8-4-5-9-16(15)22(18)19/h2-11,19-20H,1H3/t19-/m1/s1. The number of aromatic nitrogens is 2. The number of hydrogen-bond donors (Lipinski definition) is 1. The lowest BCUT2D eigenvalue weighted by Crippen LogP contribution is -2.24. The topological polar surface area (TPSA) is 29.9 Å². The van der Waals surface area contributed by atoms with Crippen LogP contribution >= 0.6 is 11.3 Å². The first-order valence-corrected chi connectivity index (χ1v) is 8.58. The summed E-state index contributed by atoms with van der Waals surface area (Å²) in [6, 6.07) is 19.0. The van der Waals surface area contributed by atoms with E-state index in [1.165, 1.54) is 16.0 Å². The van der Waals surface area contributed by atoms with Crippen molar-refractivity contribution in [3.05, 3.63) is 70.4 Å². The Bertz CT molecular complexity index is 1030. The Labute approximate surface area is 138 Å². The van der Waals surface area contributed by atoms with Crippen molar-refractivity contribution in [1.82, 2.24) is 9.55 Å². The third kappa shape index (κ3) is 1.79. The summed E-state index contributed by atoms with van der Waals surface area (Å²) in [5, 5.41) is 5.87. The van der Waals surface area contributed by atoms with Gasteiger partial charge in [-0.15, -0.1) is 11.3 Å². The van der Waals surface area contributed by atoms with Crippen molar-refractivity contribution < 1.29 is 0 Å². The number of hydrogen-bond acceptors (Lipinski definition) is 3. The molecule has 1 atom stereocenters. The largest absolute Gasteiger partial charge is 0.360 e. The van der Waals surface area contributed by atoms with Crippen LogP contribution in [-0.4, -0.2) is 9.55 Å². The highest BCUT2D eigenvalue weighted by Gasteiger charge is 2.29. The molecular formula is C19H15N3S. The van der Waals surface area contributed by atoms with Gasteiger partial charge in [0.15, 0.2) is 0 Å². The molecule has 0 radical (unpaired) electrons. The third-order valence-electron chi connectivity index (χ3n) is 4.46. The second kappa shape index (κ2) is 4.70. The molecule has 3 heterocycles. The van der Waals surface area contributed by atoms with Gasteiger partial charge < -0.3 is 5.32 Å². The van der Waals surface area contributed by atoms with Crippen molar-refractivity contribution >= 4 is 28.1 Å². The van der Waals surface area contributed by atoms with Gasteiger partial charge in [-0.25, -0.2) is 4.98 Å². The van der Waals surface area contributed by atoms with E-state index >= 15 is 0 Å². The van der Waals surface area contributed by atoms with Crippen LogP contribution in [0, 0.1) is 6.92 Å². The molecule has 23 heavy (non-hydrogen) atoms. The average Bonchev–Trinajstić information content (AvgIpc) is 3.18. The van der Waals surface area contributed by atoms with Gasteiger partial charge in [0.05, 0.1) is 15.9 Å². The molecule has 0 aliphatic carbocycles. The van der Waals surface area contributed by atoms with Crippen molar-refractivity contribution in [3.63, 3.8) is 0 Å². The summed E-state index contributed by atoms with van der Waals surface area (Å²) in [4.78, 5) is 6.25. The van der Waals surface area contributed by atoms with Crippen LogP contribution in [0.3, 0.4) is 0 Å². The Morgan fingerprint density at radius 1 is 1.04 bits per heavy atom. The average molecular weight is 317 g/mol. The molecule has 0 bridgehead atoms. The first-order chi connectivity index (χ1) is 11.3. The van der Waals surface area contributed by atoms with Crippen molar-refractivity contribution in [1.29, 1.82) is 0 Å². The van der Waals surface area contributed by atoms with E-state index in [0.717, 1.165) is 22.6 Å². The second-order valence-electron chi connectivity index (χ2n) is 5.85. The Balaban J connectivity index is 1.87. The van der Waals surface area contributed by atoms with Gasteiger partial charge in [0.2, 0.25) is 0 Å². The van der Waals surface area contributed by atoms with Crippen LogP contribution in [0.4, 0.5) is 5.69 Å². The van der Waals surface area contributed by atoms with Gasteiger partial charge in [0.1, 0.15) is 12.0 Å². The van der Waals surface area contributed by atoms with Gasteiger partial charge in [0.25, 0.3) is 0 Å². The van der Waals surface area contributed by atoms with Gasteiger partial charge in [-0.2, -0.15) is 0 Å². The molecule has 1 N–H and O–H groups in total. The van der Waals surface area contributed by atoms with Crippen molar-refractivity contribution in [2.24, 2.45) is 0 Å². The van der Waals surface area contributed by atoms with E-state index in [4.69, 9.17) is 4.98 Å². The van der Waals surface area contributed by atoms with Crippen LogP contribution in [0.25, 0.3) is 22.4 Å². The number of nitrogens with one attached hydrogen (secondary N) is 1. The number of nitrogens with zero attached hydrogens (tertiary/aromatic N) is 2. The molecule has 2 aromatic carbocycles. The summed E-state index contributed by atoms with van der Waals surface area (Å²) in [7, 11) is 0. The van der Waals surface area contributed by atoms with Crippen molar-refractivity contribution in [2.45, 2.75) is 13.1 Å². The minimum atomic E-state index is 0.0901. The minimum Gasteiger partial charge on any atom is -0.360 e. The molecule has 0 fully saturated rings. The van der Waals surface area contributed by atoms with Crippen molar-refractivity contribution in [2.75, 3.05) is 5.32 Å². The fourth-order valence-corrected chi connectivity index (χ4v) is 4.32. The lowest BCUT2D eigenvalue weighted by molar-refractivity contribution is 0.677. The van der Waals surface area contributed by atoms with Gasteiger partial charge in [0, 0.05) is 11.3 Å². The minimum absolute atomic E-state index is 0.0901. The fourth-order valence-electron chi connectivity index (χ4n) is 3.36. The predicted octanol–water partition coefficient (Wildman–Crippen LogP) is 5.05. The quantitative estimate of drug-likeness (QED) is 0.532. The maximum atomic E-state index is 4.91. The fraction of sp³-hybridized carbons (Fsp3) is 0.105. The highest BCUT2D eigenvalue weighted by Crippen LogP contribution is 2.42. The SMILES string of the molecule is Cc1ccsc1[C@@H]1Nc2ccccc2-c2nc3ccccc3n21. The summed E-state index contributed by atoms with van der Waals surface area (Å²) in [5.41, 5.74) is 5.83. The maximum absolute atomic E-state index is 4.91. The number of aryl methyl sites for hydroxylation is 1. The molecular weight excluding hydrogens is 302 g/mol. The molecule has 112 valence electrons. The van der Waals surface area contributed by atoms with E-state index in [1.807, 2.05) is 6.07 Å². The van der Waals surface area contributed by atoms with Crippen LogP contribution in [0.15, 0.2) is 60.0 Å². The molecule has 1 aliphatic rings. The number of thiophene rings is 1. The highest BCUT2D eigenvalue weighted by molar-refractivity contribution is 7.10. The second-order valence-corrected chi connectivity index (χ2v) is 6.80. The number of fused-ring (bicyclic) bond motifs is 5. The molecule has 0 unspecified atom stereocenters. The summed E-state index contributed by atoms with van der Waals surface area (Å²) in [6.45, 7) is 2.17. The number of rotatable bonds is 1. The van der Waals surface area contributed by atoms with Crippen LogP contribution < -0.4 is 5.32 Å². The first kappa shape index (κ1) is 12.9. The zero-order valence-corrected chi connectivity index (χ0v) is 13.5. The summed E-state index contributed by atoms with van der Waals surface area (Å²) >= 11 is 1.80. The lowest BCUT2D eigenvalue weighted by Gasteiger charge is -2.29. The van der Waals surface area contributed by atoms with E-state index in [9.17, 15) is 0 Å². The summed E-state index contributed by atoms with van der Waals surface area (Å²) < 4.78 is 2.33. The van der Waals surface area contributed by atoms with E-state index in [-0.39, 0.29) is 6.17 Å². The summed E-state index contributed by atoms with van der Waals surface area (Å²) in [5.74, 6) is 1.04. The van der Waals surface area contributed by atoms with Crippen LogP contribution in [0.2, 0.25) is 0 Å². The smallest absolute Gasteiger partial charge is 0.145 e. The highest BCUT2D eigenvalue weighted by atomic mass is 32.1. The van der Waals surface area contributed by atoms with Crippen molar-refractivity contribution in [3.8, 4) is 11.4 Å². The third-order valence-corrected chi connectivity index (χ3v) is 5.54. The van der Waals surface area contributed by atoms with E-state index in [0.29, 0.717) is 0 Å². The van der Waals surface area contributed by atoms with Gasteiger partial charge in [-0.05, 0) is 48.2 Å². The number of anilines is 1. The lowest BCUT2D eigenvalue weighted by atomic mass is 10.1. The maximum Gasteiger partial charge on any atom is 0.145 e. The van der Waals surface area contributed by atoms with E-state index < -0.39 is 0 Å². The molecule has 0 spiro atoms. The Morgan fingerprint density at radius 2 is 1.87 bits per heavy atom. The normalized spacial score (nSPS) is 16.0. The van der Waals surface area contributed by atoms with Gasteiger partial charge in [-0.3, -0.25) is 4.57 Å². The molecule has 1 aliphatic heterocycles. The summed E-state index contributed by atoms with van der Waals surface area (Å²) in [6.07, 6.45) is 0.0901. The zero-order valence-electron chi connectivity index (χ0n) is 12.7. The van der Waals surface area contributed by atoms with Crippen LogP contribution in [0.1, 0.15) is 16.6 Å². The zero-order chi connectivity index (χ0) is 15.4. The molecule has 4 aromatic rings. The Morgan fingerprint density at radius 3 is 2.74 bits per heavy atom. The van der Waals surface area contributed by atoms with Crippen LogP contribution in [0.5, 0.6) is 0 Å². The van der Waals surface area contributed by atoms with Gasteiger partial charge >= 0.3 is 0 Å². The molecule has 3 nitrogen and oxygen atoms in total. The Hall–Kier alpha value is -2.59. The van der Waals surface area contributed by atoms with Crippen LogP contribution in [-0.2, 0) is 0 Å². The first-order valence-electron chi connectivity index (χ1n) is 7.70. The predicted molar refractivity (Wildman–Crippen MR) is 96.0 cm³/mol. The van der Waals surface area contributed by atoms with Gasteiger partial charge in [-0.1, -0.05) is 24.3 Å². The number of imidazole rings is 1. The number of para-hydroxylation sites is 3. The Kier molecular flexibility index (Phi) is 2.64. The molecule has 0 saturated heterocycles. The number of benzene rings is 2. The van der Waals surface area contributed by atoms with E-state index in [1.54, 1.807) is 11.3 Å². The molecule has 2 aromatic heterocycles.